The van der Waals surface area contributed by atoms with Crippen LogP contribution >= 0.6 is 0 Å². The van der Waals surface area contributed by atoms with E-state index < -0.39 is 17.5 Å². The van der Waals surface area contributed by atoms with Crippen molar-refractivity contribution in [2.45, 2.75) is 62.8 Å². The lowest BCUT2D eigenvalue weighted by atomic mass is 9.61. The maximum absolute atomic E-state index is 13.3. The van der Waals surface area contributed by atoms with Gasteiger partial charge in [-0.15, -0.1) is 0 Å². The second kappa shape index (κ2) is 7.68. The Morgan fingerprint density at radius 1 is 1.17 bits per heavy atom. The summed E-state index contributed by atoms with van der Waals surface area (Å²) < 4.78 is 42.7. The minimum atomic E-state index is -4.42. The Labute approximate surface area is 200 Å². The molecular weight excluding hydrogens is 463 g/mol. The molecule has 2 saturated carbocycles. The van der Waals surface area contributed by atoms with Crippen LogP contribution in [0.3, 0.4) is 0 Å². The molecule has 1 N–H and O–H groups in total. The van der Waals surface area contributed by atoms with Gasteiger partial charge in [-0.3, -0.25) is 4.68 Å². The number of carbonyl (C=O) groups is 1. The smallest absolute Gasteiger partial charge is 0.382 e. The van der Waals surface area contributed by atoms with Crippen LogP contribution < -0.4 is 0 Å². The van der Waals surface area contributed by atoms with Crippen LogP contribution in [0.1, 0.15) is 61.6 Å². The van der Waals surface area contributed by atoms with Gasteiger partial charge in [-0.25, -0.2) is 14.5 Å². The van der Waals surface area contributed by atoms with Crippen LogP contribution in [0.15, 0.2) is 12.5 Å². The molecule has 2 aliphatic carbocycles. The summed E-state index contributed by atoms with van der Waals surface area (Å²) in [6, 6.07) is 0.301. The van der Waals surface area contributed by atoms with E-state index in [0.717, 1.165) is 43.5 Å². The minimum absolute atomic E-state index is 0.0360. The van der Waals surface area contributed by atoms with E-state index in [9.17, 15) is 23.1 Å². The summed E-state index contributed by atoms with van der Waals surface area (Å²) >= 11 is 0. The Hall–Kier alpha value is -2.63. The quantitative estimate of drug-likeness (QED) is 0.707. The highest BCUT2D eigenvalue weighted by Gasteiger charge is 2.55. The standard InChI is InChI=1S/C23H30F3N7O2/c1-30-18(23(24,25)26)16(11-28-30)8-15-2-6-31(7-3-15)20(34)32-12-21(13-32)9-17(10-21)33-14-27-19(29-33)22(35)4-5-22/h11,14-15,17,35H,2-10,12-13H2,1H3. The van der Waals surface area contributed by atoms with Gasteiger partial charge in [0.25, 0.3) is 0 Å². The van der Waals surface area contributed by atoms with Crippen LogP contribution in [0.4, 0.5) is 18.0 Å². The molecule has 35 heavy (non-hydrogen) atoms. The van der Waals surface area contributed by atoms with Gasteiger partial charge in [-0.2, -0.15) is 23.4 Å². The van der Waals surface area contributed by atoms with Crippen molar-refractivity contribution in [2.24, 2.45) is 18.4 Å². The molecule has 0 unspecified atom stereocenters. The van der Waals surface area contributed by atoms with E-state index in [4.69, 9.17) is 0 Å². The SMILES string of the molecule is Cn1ncc(CC2CCN(C(=O)N3CC4(CC(n5cnc(C6(O)CC6)n5)C4)C3)CC2)c1C(F)(F)F. The maximum Gasteiger partial charge on any atom is 0.433 e. The van der Waals surface area contributed by atoms with Crippen LogP contribution in [0.2, 0.25) is 0 Å². The zero-order valence-corrected chi connectivity index (χ0v) is 19.7. The number of halogens is 3. The lowest BCUT2D eigenvalue weighted by Crippen LogP contribution is -2.66. The first-order valence-corrected chi connectivity index (χ1v) is 12.3. The van der Waals surface area contributed by atoms with Crippen LogP contribution in [0.25, 0.3) is 0 Å². The first-order valence-electron chi connectivity index (χ1n) is 12.3. The zero-order valence-electron chi connectivity index (χ0n) is 19.7. The molecule has 4 aliphatic rings. The number of likely N-dealkylation sites (tertiary alicyclic amines) is 2. The molecule has 4 fully saturated rings. The molecule has 2 aromatic heterocycles. The predicted octanol–water partition coefficient (Wildman–Crippen LogP) is 2.72. The number of carbonyl (C=O) groups excluding carboxylic acids is 1. The molecule has 0 atom stereocenters. The number of rotatable bonds is 4. The summed E-state index contributed by atoms with van der Waals surface area (Å²) in [5.74, 6) is 0.631. The summed E-state index contributed by atoms with van der Waals surface area (Å²) in [7, 11) is 1.32. The summed E-state index contributed by atoms with van der Waals surface area (Å²) in [6.45, 7) is 2.61. The van der Waals surface area contributed by atoms with Crippen molar-refractivity contribution in [3.63, 3.8) is 0 Å². The van der Waals surface area contributed by atoms with Gasteiger partial charge in [-0.05, 0) is 50.9 Å². The number of aryl methyl sites for hydroxylation is 1. The molecule has 0 radical (unpaired) electrons. The van der Waals surface area contributed by atoms with Gasteiger partial charge in [0, 0.05) is 44.2 Å². The molecule has 6 rings (SSSR count). The fraction of sp³-hybridized carbons (Fsp3) is 0.739. The van der Waals surface area contributed by atoms with Gasteiger partial charge >= 0.3 is 12.2 Å². The summed E-state index contributed by atoms with van der Waals surface area (Å²) in [5.41, 5.74) is -1.11. The van der Waals surface area contributed by atoms with E-state index in [-0.39, 0.29) is 29.0 Å². The predicted molar refractivity (Wildman–Crippen MR) is 117 cm³/mol. The lowest BCUT2D eigenvalue weighted by Gasteiger charge is -2.59. The normalized spacial score (nSPS) is 23.9. The number of urea groups is 1. The van der Waals surface area contributed by atoms with Crippen LogP contribution in [-0.4, -0.2) is 71.7 Å². The number of amides is 2. The highest BCUT2D eigenvalue weighted by atomic mass is 19.4. The van der Waals surface area contributed by atoms with Gasteiger partial charge in [-0.1, -0.05) is 0 Å². The number of hydrogen-bond donors (Lipinski definition) is 1. The molecule has 2 amide bonds. The van der Waals surface area contributed by atoms with Gasteiger partial charge in [0.05, 0.1) is 12.2 Å². The Kier molecular flexibility index (Phi) is 5.01. The molecule has 190 valence electrons. The molecule has 2 aliphatic heterocycles. The maximum atomic E-state index is 13.3. The summed E-state index contributed by atoms with van der Waals surface area (Å²) in [6.07, 6.45) is 3.67. The molecule has 2 saturated heterocycles. The van der Waals surface area contributed by atoms with E-state index in [0.29, 0.717) is 38.2 Å². The Morgan fingerprint density at radius 3 is 2.49 bits per heavy atom. The van der Waals surface area contributed by atoms with Gasteiger partial charge < -0.3 is 14.9 Å². The number of aromatic nitrogens is 5. The van der Waals surface area contributed by atoms with Crippen molar-refractivity contribution in [3.05, 3.63) is 29.6 Å². The van der Waals surface area contributed by atoms with Crippen molar-refractivity contribution in [3.8, 4) is 0 Å². The van der Waals surface area contributed by atoms with Crippen molar-refractivity contribution >= 4 is 6.03 Å². The lowest BCUT2D eigenvalue weighted by molar-refractivity contribution is -0.144. The van der Waals surface area contributed by atoms with Gasteiger partial charge in [0.15, 0.2) is 5.82 Å². The van der Waals surface area contributed by atoms with Gasteiger partial charge in [0.2, 0.25) is 0 Å². The van der Waals surface area contributed by atoms with Crippen LogP contribution in [-0.2, 0) is 25.2 Å². The molecule has 4 heterocycles. The first kappa shape index (κ1) is 22.8. The second-order valence-electron chi connectivity index (χ2n) is 11.1. The van der Waals surface area contributed by atoms with E-state index in [1.165, 1.54) is 13.2 Å². The number of nitrogens with zero attached hydrogens (tertiary/aromatic N) is 7. The topological polar surface area (TPSA) is 92.3 Å². The van der Waals surface area contributed by atoms with Gasteiger partial charge in [0.1, 0.15) is 17.6 Å². The monoisotopic (exact) mass is 493 g/mol. The Morgan fingerprint density at radius 2 is 1.86 bits per heavy atom. The third-order valence-corrected chi connectivity index (χ3v) is 8.36. The first-order chi connectivity index (χ1) is 16.6. The number of piperidine rings is 1. The fourth-order valence-electron chi connectivity index (χ4n) is 6.13. The average molecular weight is 494 g/mol. The molecule has 12 heteroatoms. The molecule has 0 aromatic carbocycles. The Balaban J connectivity index is 0.966. The highest BCUT2D eigenvalue weighted by molar-refractivity contribution is 5.75. The molecular formula is C23H30F3N7O2. The minimum Gasteiger partial charge on any atom is -0.382 e. The third kappa shape index (κ3) is 3.99. The number of alkyl halides is 3. The molecule has 9 nitrogen and oxygen atoms in total. The second-order valence-corrected chi connectivity index (χ2v) is 11.1. The van der Waals surface area contributed by atoms with Crippen molar-refractivity contribution in [1.29, 1.82) is 0 Å². The highest BCUT2D eigenvalue weighted by Crippen LogP contribution is 2.54. The molecule has 0 bridgehead atoms. The van der Waals surface area contributed by atoms with Crippen molar-refractivity contribution < 1.29 is 23.1 Å². The van der Waals surface area contributed by atoms with E-state index >= 15 is 0 Å². The molecule has 2 aromatic rings. The zero-order chi connectivity index (χ0) is 24.6. The summed E-state index contributed by atoms with van der Waals surface area (Å²) in [5, 5.41) is 18.4. The fourth-order valence-corrected chi connectivity index (χ4v) is 6.13. The number of aliphatic hydroxyl groups is 1. The van der Waals surface area contributed by atoms with Crippen LogP contribution in [0.5, 0.6) is 0 Å². The largest absolute Gasteiger partial charge is 0.433 e. The number of hydrogen-bond acceptors (Lipinski definition) is 5. The van der Waals surface area contributed by atoms with Crippen molar-refractivity contribution in [1.82, 2.24) is 34.3 Å². The van der Waals surface area contributed by atoms with E-state index in [1.54, 1.807) is 6.33 Å². The van der Waals surface area contributed by atoms with Crippen LogP contribution in [0, 0.1) is 11.3 Å². The van der Waals surface area contributed by atoms with E-state index in [1.807, 2.05) is 14.5 Å². The molecule has 1 spiro atoms. The third-order valence-electron chi connectivity index (χ3n) is 8.36. The van der Waals surface area contributed by atoms with E-state index in [2.05, 4.69) is 15.2 Å². The Bertz CT molecular complexity index is 1120. The van der Waals surface area contributed by atoms with Crippen molar-refractivity contribution in [2.75, 3.05) is 26.2 Å². The average Bonchev–Trinajstić information content (AvgIpc) is 3.14. The summed E-state index contributed by atoms with van der Waals surface area (Å²) in [4.78, 5) is 21.0.